The van der Waals surface area contributed by atoms with Gasteiger partial charge in [-0.2, -0.15) is 5.10 Å². The molecule has 178 valence electrons. The fraction of sp³-hybridized carbons (Fsp3) is 0.259. The van der Waals surface area contributed by atoms with Crippen LogP contribution in [0.2, 0.25) is 0 Å². The summed E-state index contributed by atoms with van der Waals surface area (Å²) in [5.41, 5.74) is 3.75. The van der Waals surface area contributed by atoms with Crippen LogP contribution in [0.25, 0.3) is 11.1 Å². The quantitative estimate of drug-likeness (QED) is 0.413. The number of likely N-dealkylation sites (tertiary alicyclic amines) is 1. The zero-order valence-electron chi connectivity index (χ0n) is 19.8. The van der Waals surface area contributed by atoms with E-state index in [1.165, 1.54) is 12.1 Å². The smallest absolute Gasteiger partial charge is 0.254 e. The van der Waals surface area contributed by atoms with Crippen molar-refractivity contribution >= 4 is 11.9 Å². The molecule has 2 aromatic heterocycles. The van der Waals surface area contributed by atoms with Crippen molar-refractivity contribution in [3.63, 3.8) is 0 Å². The van der Waals surface area contributed by atoms with Crippen LogP contribution in [-0.4, -0.2) is 51.2 Å². The third-order valence-electron chi connectivity index (χ3n) is 6.31. The van der Waals surface area contributed by atoms with E-state index in [0.717, 1.165) is 29.7 Å². The van der Waals surface area contributed by atoms with Crippen LogP contribution in [0.3, 0.4) is 0 Å². The summed E-state index contributed by atoms with van der Waals surface area (Å²) in [5, 5.41) is 4.29. The predicted molar refractivity (Wildman–Crippen MR) is 133 cm³/mol. The van der Waals surface area contributed by atoms with Crippen molar-refractivity contribution in [1.29, 1.82) is 0 Å². The molecule has 1 aliphatic heterocycles. The van der Waals surface area contributed by atoms with Crippen LogP contribution in [0.5, 0.6) is 0 Å². The average molecular weight is 471 g/mol. The molecule has 1 atom stereocenters. The van der Waals surface area contributed by atoms with Gasteiger partial charge in [-0.15, -0.1) is 0 Å². The summed E-state index contributed by atoms with van der Waals surface area (Å²) in [6, 6.07) is 15.7. The number of amides is 1. The Hall–Kier alpha value is -4.07. The first-order valence-corrected chi connectivity index (χ1v) is 11.7. The molecule has 0 N–H and O–H groups in total. The summed E-state index contributed by atoms with van der Waals surface area (Å²) in [5.74, 6) is 0.195. The van der Waals surface area contributed by atoms with Crippen molar-refractivity contribution in [2.75, 3.05) is 25.5 Å². The van der Waals surface area contributed by atoms with Gasteiger partial charge >= 0.3 is 0 Å². The highest BCUT2D eigenvalue weighted by Gasteiger charge is 2.34. The number of hydrogen-bond acceptors (Lipinski definition) is 5. The zero-order valence-corrected chi connectivity index (χ0v) is 19.8. The molecule has 4 aromatic rings. The van der Waals surface area contributed by atoms with Crippen LogP contribution in [0.1, 0.15) is 40.5 Å². The van der Waals surface area contributed by atoms with Crippen molar-refractivity contribution in [3.05, 3.63) is 95.8 Å². The lowest BCUT2D eigenvalue weighted by Gasteiger charge is -2.27. The monoisotopic (exact) mass is 470 g/mol. The Morgan fingerprint density at radius 2 is 2.00 bits per heavy atom. The number of rotatable bonds is 6. The highest BCUT2D eigenvalue weighted by molar-refractivity contribution is 5.96. The number of anilines is 1. The molecule has 1 fully saturated rings. The number of carbonyl (C=O) groups is 1. The number of aromatic nitrogens is 4. The lowest BCUT2D eigenvalue weighted by Crippen LogP contribution is -2.32. The van der Waals surface area contributed by atoms with Gasteiger partial charge in [-0.1, -0.05) is 30.3 Å². The molecule has 0 bridgehead atoms. The molecule has 5 rings (SSSR count). The van der Waals surface area contributed by atoms with Gasteiger partial charge in [0.15, 0.2) is 0 Å². The maximum atomic E-state index is 14.1. The fourth-order valence-corrected chi connectivity index (χ4v) is 4.62. The third kappa shape index (κ3) is 4.64. The Balaban J connectivity index is 1.54. The SMILES string of the molecule is CN(C)c1ncc(-c2cccc(F)c2)c([C@H]2CCCN2C(=O)c2ccccc2Cn2cccn2)n1. The molecule has 1 amide bonds. The van der Waals surface area contributed by atoms with E-state index in [-0.39, 0.29) is 17.8 Å². The second kappa shape index (κ2) is 9.66. The van der Waals surface area contributed by atoms with Crippen molar-refractivity contribution in [3.8, 4) is 11.1 Å². The number of benzene rings is 2. The Kier molecular flexibility index (Phi) is 6.27. The molecule has 8 heteroatoms. The van der Waals surface area contributed by atoms with E-state index in [1.807, 2.05) is 71.2 Å². The molecular formula is C27H27FN6O. The molecule has 0 radical (unpaired) electrons. The van der Waals surface area contributed by atoms with E-state index in [2.05, 4.69) is 10.1 Å². The first-order valence-electron chi connectivity index (χ1n) is 11.7. The summed E-state index contributed by atoms with van der Waals surface area (Å²) in [4.78, 5) is 26.9. The van der Waals surface area contributed by atoms with Crippen LogP contribution in [0.15, 0.2) is 73.2 Å². The topological polar surface area (TPSA) is 67.2 Å². The summed E-state index contributed by atoms with van der Waals surface area (Å²) >= 11 is 0. The van der Waals surface area contributed by atoms with Gasteiger partial charge in [0, 0.05) is 50.4 Å². The lowest BCUT2D eigenvalue weighted by molar-refractivity contribution is 0.0732. The Morgan fingerprint density at radius 1 is 1.14 bits per heavy atom. The number of nitrogens with zero attached hydrogens (tertiary/aromatic N) is 6. The largest absolute Gasteiger partial charge is 0.347 e. The van der Waals surface area contributed by atoms with Gasteiger partial charge in [0.1, 0.15) is 5.82 Å². The molecule has 0 unspecified atom stereocenters. The summed E-state index contributed by atoms with van der Waals surface area (Å²) in [6.45, 7) is 1.14. The molecule has 0 saturated carbocycles. The minimum absolute atomic E-state index is 0.0366. The molecule has 1 saturated heterocycles. The fourth-order valence-electron chi connectivity index (χ4n) is 4.62. The van der Waals surface area contributed by atoms with Crippen molar-refractivity contribution in [2.45, 2.75) is 25.4 Å². The van der Waals surface area contributed by atoms with Gasteiger partial charge in [0.25, 0.3) is 5.91 Å². The van der Waals surface area contributed by atoms with Crippen LogP contribution in [-0.2, 0) is 6.54 Å². The summed E-state index contributed by atoms with van der Waals surface area (Å²) in [7, 11) is 3.76. The minimum Gasteiger partial charge on any atom is -0.347 e. The van der Waals surface area contributed by atoms with E-state index in [9.17, 15) is 9.18 Å². The molecule has 7 nitrogen and oxygen atoms in total. The average Bonchev–Trinajstić information content (AvgIpc) is 3.56. The number of carbonyl (C=O) groups excluding carboxylic acids is 1. The van der Waals surface area contributed by atoms with E-state index in [4.69, 9.17) is 4.98 Å². The van der Waals surface area contributed by atoms with Gasteiger partial charge in [0.05, 0.1) is 18.3 Å². The summed E-state index contributed by atoms with van der Waals surface area (Å²) < 4.78 is 15.9. The molecule has 2 aromatic carbocycles. The predicted octanol–water partition coefficient (Wildman–Crippen LogP) is 4.57. The van der Waals surface area contributed by atoms with Gasteiger partial charge in [-0.05, 0) is 48.2 Å². The maximum absolute atomic E-state index is 14.1. The van der Waals surface area contributed by atoms with Crippen molar-refractivity contribution in [1.82, 2.24) is 24.6 Å². The standard InChI is InChI=1S/C27H27FN6O/c1-32(2)27-29-17-23(19-9-5-10-21(28)16-19)25(31-27)24-12-6-15-34(24)26(35)22-11-4-3-8-20(22)18-33-14-7-13-30-33/h3-5,7-11,13-14,16-17,24H,6,12,15,18H2,1-2H3/t24-/m1/s1. The highest BCUT2D eigenvalue weighted by atomic mass is 19.1. The van der Waals surface area contributed by atoms with Crippen LogP contribution in [0, 0.1) is 5.82 Å². The van der Waals surface area contributed by atoms with Crippen LogP contribution in [0.4, 0.5) is 10.3 Å². The zero-order chi connectivity index (χ0) is 24.4. The second-order valence-electron chi connectivity index (χ2n) is 8.89. The second-order valence-corrected chi connectivity index (χ2v) is 8.89. The molecule has 0 spiro atoms. The van der Waals surface area contributed by atoms with E-state index < -0.39 is 0 Å². The Bertz CT molecular complexity index is 1340. The third-order valence-corrected chi connectivity index (χ3v) is 6.31. The Morgan fingerprint density at radius 3 is 2.77 bits per heavy atom. The molecular weight excluding hydrogens is 443 g/mol. The normalized spacial score (nSPS) is 15.4. The van der Waals surface area contributed by atoms with Gasteiger partial charge in [0.2, 0.25) is 5.95 Å². The summed E-state index contributed by atoms with van der Waals surface area (Å²) in [6.07, 6.45) is 6.99. The molecule has 3 heterocycles. The van der Waals surface area contributed by atoms with E-state index in [1.54, 1.807) is 18.5 Å². The highest BCUT2D eigenvalue weighted by Crippen LogP contribution is 2.38. The Labute approximate surface area is 203 Å². The maximum Gasteiger partial charge on any atom is 0.254 e. The first kappa shape index (κ1) is 22.7. The van der Waals surface area contributed by atoms with Crippen LogP contribution >= 0.6 is 0 Å². The first-order chi connectivity index (χ1) is 17.0. The number of hydrogen-bond donors (Lipinski definition) is 0. The number of halogens is 1. The van der Waals surface area contributed by atoms with Crippen molar-refractivity contribution in [2.24, 2.45) is 0 Å². The van der Waals surface area contributed by atoms with Crippen molar-refractivity contribution < 1.29 is 9.18 Å². The lowest BCUT2D eigenvalue weighted by atomic mass is 9.99. The van der Waals surface area contributed by atoms with Gasteiger partial charge < -0.3 is 9.80 Å². The van der Waals surface area contributed by atoms with E-state index >= 15 is 0 Å². The van der Waals surface area contributed by atoms with Gasteiger partial charge in [-0.25, -0.2) is 14.4 Å². The molecule has 35 heavy (non-hydrogen) atoms. The van der Waals surface area contributed by atoms with Crippen LogP contribution < -0.4 is 4.90 Å². The minimum atomic E-state index is -0.322. The van der Waals surface area contributed by atoms with Gasteiger partial charge in [-0.3, -0.25) is 9.48 Å². The molecule has 1 aliphatic rings. The molecule has 0 aliphatic carbocycles. The van der Waals surface area contributed by atoms with E-state index in [0.29, 0.717) is 30.2 Å².